The molecule has 0 saturated carbocycles. The van der Waals surface area contributed by atoms with E-state index in [-0.39, 0.29) is 24.1 Å². The van der Waals surface area contributed by atoms with Gasteiger partial charge < -0.3 is 4.90 Å². The second-order valence-electron chi connectivity index (χ2n) is 6.10. The van der Waals surface area contributed by atoms with E-state index < -0.39 is 4.92 Å². The third-order valence-corrected chi connectivity index (χ3v) is 5.27. The summed E-state index contributed by atoms with van der Waals surface area (Å²) in [6, 6.07) is 9.83. The Hall–Kier alpha value is -3.13. The number of rotatable bonds is 6. The van der Waals surface area contributed by atoms with Gasteiger partial charge >= 0.3 is 0 Å². The maximum Gasteiger partial charge on any atom is 0.269 e. The predicted octanol–water partition coefficient (Wildman–Crippen LogP) is 3.88. The van der Waals surface area contributed by atoms with E-state index in [1.165, 1.54) is 23.5 Å². The molecule has 7 nitrogen and oxygen atoms in total. The molecule has 0 aliphatic rings. The van der Waals surface area contributed by atoms with Gasteiger partial charge in [-0.3, -0.25) is 19.9 Å². The molecule has 0 fully saturated rings. The van der Waals surface area contributed by atoms with Crippen LogP contribution in [0.1, 0.15) is 24.2 Å². The number of thiazole rings is 1. The molecule has 3 aromatic rings. The third-order valence-electron chi connectivity index (χ3n) is 4.33. The molecule has 2 aromatic heterocycles. The van der Waals surface area contributed by atoms with Crippen LogP contribution in [0.2, 0.25) is 0 Å². The van der Waals surface area contributed by atoms with Crippen LogP contribution >= 0.6 is 11.3 Å². The van der Waals surface area contributed by atoms with Gasteiger partial charge in [0.2, 0.25) is 5.91 Å². The van der Waals surface area contributed by atoms with E-state index in [1.807, 2.05) is 24.4 Å². The van der Waals surface area contributed by atoms with Crippen molar-refractivity contribution < 1.29 is 9.72 Å². The molecule has 1 amide bonds. The van der Waals surface area contributed by atoms with E-state index in [2.05, 4.69) is 9.97 Å². The van der Waals surface area contributed by atoms with Crippen LogP contribution in [0.4, 0.5) is 5.69 Å². The third kappa shape index (κ3) is 4.35. The summed E-state index contributed by atoms with van der Waals surface area (Å²) in [5, 5.41) is 13.6. The molecule has 2 heterocycles. The molecule has 1 unspecified atom stereocenters. The zero-order valence-electron chi connectivity index (χ0n) is 14.9. The Morgan fingerprint density at radius 2 is 2.15 bits per heavy atom. The number of non-ortho nitro benzene ring substituents is 1. The van der Waals surface area contributed by atoms with Crippen molar-refractivity contribution in [3.63, 3.8) is 0 Å². The van der Waals surface area contributed by atoms with Crippen molar-refractivity contribution in [2.75, 3.05) is 7.05 Å². The van der Waals surface area contributed by atoms with Crippen molar-refractivity contribution in [1.82, 2.24) is 14.9 Å². The average molecular weight is 382 g/mol. The number of hydrogen-bond donors (Lipinski definition) is 0. The van der Waals surface area contributed by atoms with Crippen molar-refractivity contribution in [1.29, 1.82) is 0 Å². The largest absolute Gasteiger partial charge is 0.339 e. The predicted molar refractivity (Wildman–Crippen MR) is 103 cm³/mol. The summed E-state index contributed by atoms with van der Waals surface area (Å²) < 4.78 is 0. The van der Waals surface area contributed by atoms with Crippen molar-refractivity contribution in [3.05, 3.63) is 75.5 Å². The Kier molecular flexibility index (Phi) is 5.56. The molecule has 8 heteroatoms. The maximum atomic E-state index is 12.6. The molecule has 0 saturated heterocycles. The number of carbonyl (C=O) groups is 1. The minimum absolute atomic E-state index is 0.0146. The number of aromatic nitrogens is 2. The highest BCUT2D eigenvalue weighted by atomic mass is 32.1. The van der Waals surface area contributed by atoms with Gasteiger partial charge in [0.15, 0.2) is 0 Å². The van der Waals surface area contributed by atoms with Crippen LogP contribution in [0, 0.1) is 10.1 Å². The van der Waals surface area contributed by atoms with Crippen LogP contribution < -0.4 is 0 Å². The van der Waals surface area contributed by atoms with Crippen molar-refractivity contribution in [2.24, 2.45) is 0 Å². The monoisotopic (exact) mass is 382 g/mol. The van der Waals surface area contributed by atoms with Crippen LogP contribution in [0.15, 0.2) is 54.2 Å². The summed E-state index contributed by atoms with van der Waals surface area (Å²) >= 11 is 1.47. The number of pyridine rings is 1. The smallest absolute Gasteiger partial charge is 0.269 e. The van der Waals surface area contributed by atoms with E-state index in [4.69, 9.17) is 0 Å². The highest BCUT2D eigenvalue weighted by Crippen LogP contribution is 2.25. The van der Waals surface area contributed by atoms with Gasteiger partial charge in [0.25, 0.3) is 5.69 Å². The molecule has 0 aliphatic heterocycles. The summed E-state index contributed by atoms with van der Waals surface area (Å²) in [7, 11) is 1.69. The van der Waals surface area contributed by atoms with E-state index in [9.17, 15) is 14.9 Å². The highest BCUT2D eigenvalue weighted by molar-refractivity contribution is 7.13. The minimum atomic E-state index is -0.437. The van der Waals surface area contributed by atoms with E-state index in [0.29, 0.717) is 5.69 Å². The molecule has 3 rings (SSSR count). The summed E-state index contributed by atoms with van der Waals surface area (Å²) in [4.78, 5) is 33.3. The SMILES string of the molecule is CC(c1cccc([N+](=O)[O-])c1)N(C)C(=O)Cc1csc(-c2cccnc2)n1. The molecule has 27 heavy (non-hydrogen) atoms. The van der Waals surface area contributed by atoms with Crippen molar-refractivity contribution in [3.8, 4) is 10.6 Å². The lowest BCUT2D eigenvalue weighted by molar-refractivity contribution is -0.384. The fourth-order valence-electron chi connectivity index (χ4n) is 2.63. The zero-order chi connectivity index (χ0) is 19.4. The zero-order valence-corrected chi connectivity index (χ0v) is 15.7. The topological polar surface area (TPSA) is 89.2 Å². The van der Waals surface area contributed by atoms with Crippen molar-refractivity contribution in [2.45, 2.75) is 19.4 Å². The van der Waals surface area contributed by atoms with Gasteiger partial charge in [-0.1, -0.05) is 12.1 Å². The first-order chi connectivity index (χ1) is 13.0. The van der Waals surface area contributed by atoms with Gasteiger partial charge in [0, 0.05) is 42.5 Å². The van der Waals surface area contributed by atoms with E-state index in [1.54, 1.807) is 36.5 Å². The van der Waals surface area contributed by atoms with Gasteiger partial charge in [-0.2, -0.15) is 0 Å². The quantitative estimate of drug-likeness (QED) is 0.477. The number of likely N-dealkylation sites (N-methyl/N-ethyl adjacent to an activating group) is 1. The molecule has 1 atom stereocenters. The lowest BCUT2D eigenvalue weighted by Gasteiger charge is -2.25. The summed E-state index contributed by atoms with van der Waals surface area (Å²) in [5.74, 6) is -0.1000. The van der Waals surface area contributed by atoms with Gasteiger partial charge in [0.05, 0.1) is 23.1 Å². The maximum absolute atomic E-state index is 12.6. The Morgan fingerprint density at radius 3 is 2.85 bits per heavy atom. The fourth-order valence-corrected chi connectivity index (χ4v) is 3.44. The van der Waals surface area contributed by atoms with Crippen LogP contribution in [0.3, 0.4) is 0 Å². The second-order valence-corrected chi connectivity index (χ2v) is 6.95. The Morgan fingerprint density at radius 1 is 1.33 bits per heavy atom. The first-order valence-electron chi connectivity index (χ1n) is 8.30. The van der Waals surface area contributed by atoms with Gasteiger partial charge in [-0.25, -0.2) is 4.98 Å². The number of amides is 1. The number of hydrogen-bond acceptors (Lipinski definition) is 6. The van der Waals surface area contributed by atoms with Crippen LogP contribution in [-0.4, -0.2) is 32.7 Å². The lowest BCUT2D eigenvalue weighted by Crippen LogP contribution is -2.31. The Labute approximate surface area is 160 Å². The Bertz CT molecular complexity index is 958. The molecule has 0 spiro atoms. The average Bonchev–Trinajstić information content (AvgIpc) is 3.16. The molecule has 138 valence electrons. The normalized spacial score (nSPS) is 11.8. The highest BCUT2D eigenvalue weighted by Gasteiger charge is 2.20. The second kappa shape index (κ2) is 8.05. The Balaban J connectivity index is 1.70. The molecule has 0 aliphatic carbocycles. The fraction of sp³-hybridized carbons (Fsp3) is 0.211. The summed E-state index contributed by atoms with van der Waals surface area (Å²) in [6.07, 6.45) is 3.61. The number of carbonyl (C=O) groups excluding carboxylic acids is 1. The summed E-state index contributed by atoms with van der Waals surface area (Å²) in [6.45, 7) is 1.85. The number of benzene rings is 1. The number of nitrogens with zero attached hydrogens (tertiary/aromatic N) is 4. The number of nitro benzene ring substituents is 1. The first-order valence-corrected chi connectivity index (χ1v) is 9.18. The van der Waals surface area contributed by atoms with Gasteiger partial charge in [-0.05, 0) is 24.6 Å². The molecule has 0 N–H and O–H groups in total. The molecule has 0 radical (unpaired) electrons. The molecular weight excluding hydrogens is 364 g/mol. The van der Waals surface area contributed by atoms with Crippen LogP contribution in [0.25, 0.3) is 10.6 Å². The van der Waals surface area contributed by atoms with Crippen LogP contribution in [-0.2, 0) is 11.2 Å². The van der Waals surface area contributed by atoms with E-state index in [0.717, 1.165) is 16.1 Å². The lowest BCUT2D eigenvalue weighted by atomic mass is 10.1. The molecular formula is C19H18N4O3S. The van der Waals surface area contributed by atoms with Gasteiger partial charge in [0.1, 0.15) is 5.01 Å². The van der Waals surface area contributed by atoms with E-state index >= 15 is 0 Å². The van der Waals surface area contributed by atoms with Crippen molar-refractivity contribution >= 4 is 22.9 Å². The molecule has 1 aromatic carbocycles. The minimum Gasteiger partial charge on any atom is -0.339 e. The molecule has 0 bridgehead atoms. The van der Waals surface area contributed by atoms with Gasteiger partial charge in [-0.15, -0.1) is 11.3 Å². The summed E-state index contributed by atoms with van der Waals surface area (Å²) in [5.41, 5.74) is 2.34. The number of nitro groups is 1. The van der Waals surface area contributed by atoms with Crippen LogP contribution in [0.5, 0.6) is 0 Å². The standard InChI is InChI=1S/C19H18N4O3S/c1-13(14-5-3-7-17(9-14)23(25)26)22(2)18(24)10-16-12-27-19(21-16)15-6-4-8-20-11-15/h3-9,11-13H,10H2,1-2H3. The first kappa shape index (κ1) is 18.7.